The molecule has 9 heteroatoms. The lowest BCUT2D eigenvalue weighted by molar-refractivity contribution is 0.413. The third-order valence-electron chi connectivity index (χ3n) is 3.96. The first-order valence-corrected chi connectivity index (χ1v) is 8.04. The SMILES string of the molecule is Fc1ccc(-c2nnc(C3CCc4nnnn4CC3)o2)c(Br)c1. The second-order valence-electron chi connectivity index (χ2n) is 5.41. The molecule has 1 unspecified atom stereocenters. The first kappa shape index (κ1) is 14.4. The topological polar surface area (TPSA) is 82.5 Å². The largest absolute Gasteiger partial charge is 0.420 e. The van der Waals surface area contributed by atoms with Crippen molar-refractivity contribution < 1.29 is 8.81 Å². The zero-order valence-electron chi connectivity index (χ0n) is 12.0. The number of halogens is 2. The molecule has 4 rings (SSSR count). The van der Waals surface area contributed by atoms with Gasteiger partial charge in [0.05, 0.1) is 5.56 Å². The van der Waals surface area contributed by atoms with Crippen molar-refractivity contribution in [3.63, 3.8) is 0 Å². The van der Waals surface area contributed by atoms with E-state index in [9.17, 15) is 4.39 Å². The molecule has 0 fully saturated rings. The van der Waals surface area contributed by atoms with Gasteiger partial charge in [0.1, 0.15) is 5.82 Å². The average Bonchev–Trinajstić information content (AvgIpc) is 3.14. The fourth-order valence-corrected chi connectivity index (χ4v) is 3.24. The van der Waals surface area contributed by atoms with Gasteiger partial charge in [-0.25, -0.2) is 9.07 Å². The normalized spacial score (nSPS) is 17.7. The number of aryl methyl sites for hydroxylation is 2. The van der Waals surface area contributed by atoms with Crippen LogP contribution in [0.25, 0.3) is 11.5 Å². The van der Waals surface area contributed by atoms with Gasteiger partial charge < -0.3 is 4.42 Å². The van der Waals surface area contributed by atoms with Crippen molar-refractivity contribution in [3.05, 3.63) is 40.2 Å². The molecule has 0 spiro atoms. The lowest BCUT2D eigenvalue weighted by Gasteiger charge is -2.07. The fourth-order valence-electron chi connectivity index (χ4n) is 2.72. The maximum Gasteiger partial charge on any atom is 0.248 e. The molecule has 1 atom stereocenters. The maximum atomic E-state index is 13.2. The Bertz CT molecular complexity index is 825. The van der Waals surface area contributed by atoms with Gasteiger partial charge in [-0.1, -0.05) is 0 Å². The van der Waals surface area contributed by atoms with E-state index in [0.29, 0.717) is 21.8 Å². The van der Waals surface area contributed by atoms with Crippen molar-refractivity contribution in [1.29, 1.82) is 0 Å². The molecule has 3 aromatic rings. The van der Waals surface area contributed by atoms with Crippen LogP contribution in [0.1, 0.15) is 30.5 Å². The van der Waals surface area contributed by atoms with E-state index in [-0.39, 0.29) is 11.7 Å². The number of tetrazole rings is 1. The van der Waals surface area contributed by atoms with Gasteiger partial charge in [-0.2, -0.15) is 0 Å². The molecule has 0 saturated carbocycles. The molecule has 1 aromatic carbocycles. The van der Waals surface area contributed by atoms with Crippen LogP contribution in [0.4, 0.5) is 4.39 Å². The summed E-state index contributed by atoms with van der Waals surface area (Å²) < 4.78 is 21.4. The highest BCUT2D eigenvalue weighted by Gasteiger charge is 2.24. The first-order valence-electron chi connectivity index (χ1n) is 7.24. The third kappa shape index (κ3) is 2.76. The highest BCUT2D eigenvalue weighted by molar-refractivity contribution is 9.10. The summed E-state index contributed by atoms with van der Waals surface area (Å²) in [7, 11) is 0. The van der Waals surface area contributed by atoms with Gasteiger partial charge in [-0.3, -0.25) is 0 Å². The van der Waals surface area contributed by atoms with Crippen LogP contribution in [0.3, 0.4) is 0 Å². The molecule has 0 aliphatic carbocycles. The molecular formula is C14H12BrFN6O. The average molecular weight is 379 g/mol. The molecule has 0 saturated heterocycles. The summed E-state index contributed by atoms with van der Waals surface area (Å²) in [6.45, 7) is 0.727. The summed E-state index contributed by atoms with van der Waals surface area (Å²) in [6, 6.07) is 4.37. The zero-order valence-corrected chi connectivity index (χ0v) is 13.6. The lowest BCUT2D eigenvalue weighted by atomic mass is 10.0. The molecule has 1 aliphatic rings. The van der Waals surface area contributed by atoms with Gasteiger partial charge in [-0.15, -0.1) is 15.3 Å². The van der Waals surface area contributed by atoms with E-state index in [1.165, 1.54) is 12.1 Å². The third-order valence-corrected chi connectivity index (χ3v) is 4.62. The molecule has 118 valence electrons. The fraction of sp³-hybridized carbons (Fsp3) is 0.357. The predicted molar refractivity (Wildman–Crippen MR) is 80.9 cm³/mol. The first-order chi connectivity index (χ1) is 11.2. The van der Waals surface area contributed by atoms with Crippen LogP contribution in [0.2, 0.25) is 0 Å². The summed E-state index contributed by atoms with van der Waals surface area (Å²) in [4.78, 5) is 0. The quantitative estimate of drug-likeness (QED) is 0.681. The standard InChI is InChI=1S/C14H12BrFN6O/c15-11-7-9(16)2-3-10(11)14-19-18-13(23-14)8-1-4-12-17-20-21-22(12)6-5-8/h2-3,7-8H,1,4-6H2. The predicted octanol–water partition coefficient (Wildman–Crippen LogP) is 2.74. The molecule has 0 N–H and O–H groups in total. The molecule has 0 bridgehead atoms. The molecule has 2 aromatic heterocycles. The number of hydrogen-bond donors (Lipinski definition) is 0. The van der Waals surface area contributed by atoms with Gasteiger partial charge in [-0.05, 0) is 57.4 Å². The van der Waals surface area contributed by atoms with E-state index < -0.39 is 0 Å². The Kier molecular flexibility index (Phi) is 3.64. The Morgan fingerprint density at radius 3 is 3.00 bits per heavy atom. The number of nitrogens with zero attached hydrogens (tertiary/aromatic N) is 6. The summed E-state index contributed by atoms with van der Waals surface area (Å²) in [6.07, 6.45) is 2.46. The minimum atomic E-state index is -0.320. The number of aromatic nitrogens is 6. The van der Waals surface area contributed by atoms with Crippen LogP contribution < -0.4 is 0 Å². The maximum absolute atomic E-state index is 13.2. The van der Waals surface area contributed by atoms with Gasteiger partial charge in [0, 0.05) is 23.4 Å². The minimum Gasteiger partial charge on any atom is -0.420 e. The number of hydrogen-bond acceptors (Lipinski definition) is 6. The molecule has 3 heterocycles. The lowest BCUT2D eigenvalue weighted by Crippen LogP contribution is -2.04. The summed E-state index contributed by atoms with van der Waals surface area (Å²) >= 11 is 3.32. The van der Waals surface area contributed by atoms with Crippen molar-refractivity contribution in [1.82, 2.24) is 30.4 Å². The van der Waals surface area contributed by atoms with Crippen molar-refractivity contribution in [2.75, 3.05) is 0 Å². The highest BCUT2D eigenvalue weighted by atomic mass is 79.9. The van der Waals surface area contributed by atoms with Crippen LogP contribution in [0, 0.1) is 5.82 Å². The second kappa shape index (κ2) is 5.80. The Morgan fingerprint density at radius 2 is 2.13 bits per heavy atom. The van der Waals surface area contributed by atoms with E-state index in [0.717, 1.165) is 31.6 Å². The van der Waals surface area contributed by atoms with Crippen LogP contribution in [-0.2, 0) is 13.0 Å². The second-order valence-corrected chi connectivity index (χ2v) is 6.27. The summed E-state index contributed by atoms with van der Waals surface area (Å²) in [5.74, 6) is 1.69. The van der Waals surface area contributed by atoms with Crippen LogP contribution in [0.15, 0.2) is 27.1 Å². The molecule has 1 aliphatic heterocycles. The van der Waals surface area contributed by atoms with E-state index in [4.69, 9.17) is 4.42 Å². The highest BCUT2D eigenvalue weighted by Crippen LogP contribution is 2.32. The Labute approximate surface area is 139 Å². The molecule has 0 amide bonds. The molecule has 7 nitrogen and oxygen atoms in total. The zero-order chi connectivity index (χ0) is 15.8. The van der Waals surface area contributed by atoms with Crippen LogP contribution in [-0.4, -0.2) is 30.4 Å². The summed E-state index contributed by atoms with van der Waals surface area (Å²) in [5.41, 5.74) is 0.678. The van der Waals surface area contributed by atoms with E-state index in [1.54, 1.807) is 6.07 Å². The van der Waals surface area contributed by atoms with E-state index >= 15 is 0 Å². The van der Waals surface area contributed by atoms with E-state index in [1.807, 2.05) is 4.68 Å². The van der Waals surface area contributed by atoms with Gasteiger partial charge in [0.2, 0.25) is 11.8 Å². The Balaban J connectivity index is 1.57. The monoisotopic (exact) mass is 378 g/mol. The van der Waals surface area contributed by atoms with Crippen molar-refractivity contribution in [2.24, 2.45) is 0 Å². The Hall–Kier alpha value is -2.16. The molecular weight excluding hydrogens is 367 g/mol. The Morgan fingerprint density at radius 1 is 1.22 bits per heavy atom. The van der Waals surface area contributed by atoms with E-state index in [2.05, 4.69) is 41.7 Å². The number of benzene rings is 1. The molecule has 23 heavy (non-hydrogen) atoms. The van der Waals surface area contributed by atoms with Gasteiger partial charge in [0.15, 0.2) is 5.82 Å². The van der Waals surface area contributed by atoms with Gasteiger partial charge >= 0.3 is 0 Å². The van der Waals surface area contributed by atoms with Crippen molar-refractivity contribution >= 4 is 15.9 Å². The minimum absolute atomic E-state index is 0.152. The number of rotatable bonds is 2. The molecule has 0 radical (unpaired) electrons. The van der Waals surface area contributed by atoms with Crippen molar-refractivity contribution in [3.8, 4) is 11.5 Å². The van der Waals surface area contributed by atoms with Crippen molar-refractivity contribution in [2.45, 2.75) is 31.7 Å². The van der Waals surface area contributed by atoms with Gasteiger partial charge in [0.25, 0.3) is 0 Å². The number of fused-ring (bicyclic) bond motifs is 1. The summed E-state index contributed by atoms with van der Waals surface area (Å²) in [5, 5.41) is 19.9. The smallest absolute Gasteiger partial charge is 0.248 e. The van der Waals surface area contributed by atoms with Crippen LogP contribution in [0.5, 0.6) is 0 Å². The van der Waals surface area contributed by atoms with Crippen LogP contribution >= 0.6 is 15.9 Å².